The molecule has 0 fully saturated rings. The van der Waals surface area contributed by atoms with E-state index in [1.807, 2.05) is 0 Å². The van der Waals surface area contributed by atoms with Crippen LogP contribution >= 0.6 is 0 Å². The van der Waals surface area contributed by atoms with Crippen LogP contribution in [0.4, 0.5) is 17.1 Å². The van der Waals surface area contributed by atoms with Crippen LogP contribution in [-0.4, -0.2) is 9.13 Å². The van der Waals surface area contributed by atoms with Crippen LogP contribution in [0, 0.1) is 0 Å². The van der Waals surface area contributed by atoms with E-state index >= 15 is 0 Å². The molecule has 0 amide bonds. The molecule has 11 aromatic rings. The Morgan fingerprint density at radius 2 is 0.855 bits per heavy atom. The Kier molecular flexibility index (Phi) is 7.17. The van der Waals surface area contributed by atoms with Crippen molar-refractivity contribution in [3.63, 3.8) is 0 Å². The van der Waals surface area contributed by atoms with E-state index in [9.17, 15) is 0 Å². The van der Waals surface area contributed by atoms with Gasteiger partial charge in [0, 0.05) is 38.9 Å². The van der Waals surface area contributed by atoms with E-state index in [0.717, 1.165) is 34.0 Å². The summed E-state index contributed by atoms with van der Waals surface area (Å²) in [6, 6.07) is 76.8. The van der Waals surface area contributed by atoms with Crippen LogP contribution in [0.1, 0.15) is 0 Å². The molecule has 0 saturated carbocycles. The molecule has 11 rings (SSSR count). The Labute approximate surface area is 319 Å². The minimum absolute atomic E-state index is 1.10. The summed E-state index contributed by atoms with van der Waals surface area (Å²) in [5.41, 5.74) is 12.8. The Balaban J connectivity index is 1.26. The number of hydrogen-bond donors (Lipinski definition) is 0. The van der Waals surface area contributed by atoms with E-state index in [4.69, 9.17) is 0 Å². The van der Waals surface area contributed by atoms with Crippen LogP contribution in [0.15, 0.2) is 212 Å². The number of benzene rings is 9. The van der Waals surface area contributed by atoms with Crippen molar-refractivity contribution >= 4 is 71.4 Å². The molecule has 0 bridgehead atoms. The Morgan fingerprint density at radius 3 is 1.60 bits per heavy atom. The summed E-state index contributed by atoms with van der Waals surface area (Å²) in [6.45, 7) is 0. The standard InChI is InChI=1S/C52H35N3/c1-4-19-37(20-5-1)53(38-21-6-2-7-22-38)40-31-33-50-47(35-40)52-51(46-28-14-15-30-48(46)54(52)39-23-8-3-9-24-39)55(50)49-34-32-44(43-26-12-13-27-45(43)49)42-29-16-18-36-17-10-11-25-41(36)42/h1-35H. The number of nitrogens with zero attached hydrogens (tertiary/aromatic N) is 3. The lowest BCUT2D eigenvalue weighted by molar-refractivity contribution is 1.18. The van der Waals surface area contributed by atoms with E-state index in [2.05, 4.69) is 226 Å². The van der Waals surface area contributed by atoms with Gasteiger partial charge in [-0.15, -0.1) is 0 Å². The maximum absolute atomic E-state index is 2.51. The van der Waals surface area contributed by atoms with Gasteiger partial charge in [0.1, 0.15) is 0 Å². The Bertz CT molecular complexity index is 3150. The fourth-order valence-electron chi connectivity index (χ4n) is 8.74. The minimum Gasteiger partial charge on any atom is -0.310 e. The third-order valence-corrected chi connectivity index (χ3v) is 11.1. The second kappa shape index (κ2) is 12.6. The van der Waals surface area contributed by atoms with Crippen LogP contribution in [0.2, 0.25) is 0 Å². The van der Waals surface area contributed by atoms with Gasteiger partial charge in [0.15, 0.2) is 0 Å². The highest BCUT2D eigenvalue weighted by Crippen LogP contribution is 2.45. The van der Waals surface area contributed by atoms with Crippen molar-refractivity contribution in [3.05, 3.63) is 212 Å². The molecule has 0 aliphatic heterocycles. The summed E-state index contributed by atoms with van der Waals surface area (Å²) in [5.74, 6) is 0. The second-order valence-corrected chi connectivity index (χ2v) is 14.1. The molecule has 0 unspecified atom stereocenters. The van der Waals surface area contributed by atoms with Gasteiger partial charge >= 0.3 is 0 Å². The first kappa shape index (κ1) is 31.2. The van der Waals surface area contributed by atoms with Crippen molar-refractivity contribution in [1.29, 1.82) is 0 Å². The van der Waals surface area contributed by atoms with Crippen LogP contribution in [0.5, 0.6) is 0 Å². The summed E-state index contributed by atoms with van der Waals surface area (Å²) >= 11 is 0. The van der Waals surface area contributed by atoms with E-state index in [1.54, 1.807) is 0 Å². The lowest BCUT2D eigenvalue weighted by Gasteiger charge is -2.25. The summed E-state index contributed by atoms with van der Waals surface area (Å²) in [4.78, 5) is 2.35. The maximum Gasteiger partial charge on any atom is 0.0804 e. The number of hydrogen-bond acceptors (Lipinski definition) is 1. The van der Waals surface area contributed by atoms with Gasteiger partial charge in [-0.2, -0.15) is 0 Å². The van der Waals surface area contributed by atoms with Gasteiger partial charge in [-0.1, -0.05) is 146 Å². The van der Waals surface area contributed by atoms with Gasteiger partial charge in [0.05, 0.1) is 27.8 Å². The number of aromatic nitrogens is 2. The predicted molar refractivity (Wildman–Crippen MR) is 233 cm³/mol. The molecule has 55 heavy (non-hydrogen) atoms. The van der Waals surface area contributed by atoms with E-state index in [1.165, 1.54) is 60.0 Å². The summed E-state index contributed by atoms with van der Waals surface area (Å²) in [5, 5.41) is 7.35. The van der Waals surface area contributed by atoms with Gasteiger partial charge in [-0.3, -0.25) is 0 Å². The smallest absolute Gasteiger partial charge is 0.0804 e. The molecule has 3 heteroatoms. The molecular formula is C52H35N3. The van der Waals surface area contributed by atoms with Gasteiger partial charge in [0.25, 0.3) is 0 Å². The first-order chi connectivity index (χ1) is 27.3. The summed E-state index contributed by atoms with van der Waals surface area (Å²) in [7, 11) is 0. The predicted octanol–water partition coefficient (Wildman–Crippen LogP) is 14.2. The SMILES string of the molecule is c1ccc(N(c2ccccc2)c2ccc3c(c2)c2c(c4ccccc4n2-c2ccccc2)n3-c2ccc(-c3cccc4ccccc34)c3ccccc23)cc1. The molecular weight excluding hydrogens is 667 g/mol. The summed E-state index contributed by atoms with van der Waals surface area (Å²) in [6.07, 6.45) is 0. The normalized spacial score (nSPS) is 11.6. The Hall–Kier alpha value is -7.36. The molecule has 9 aromatic carbocycles. The highest BCUT2D eigenvalue weighted by molar-refractivity contribution is 6.21. The fourth-order valence-corrected chi connectivity index (χ4v) is 8.74. The van der Waals surface area contributed by atoms with E-state index < -0.39 is 0 Å². The largest absolute Gasteiger partial charge is 0.310 e. The van der Waals surface area contributed by atoms with Crippen molar-refractivity contribution < 1.29 is 0 Å². The van der Waals surface area contributed by atoms with Crippen LogP contribution in [-0.2, 0) is 0 Å². The topological polar surface area (TPSA) is 13.1 Å². The second-order valence-electron chi connectivity index (χ2n) is 14.1. The Morgan fingerprint density at radius 1 is 0.309 bits per heavy atom. The number of anilines is 3. The number of para-hydroxylation sites is 4. The molecule has 258 valence electrons. The monoisotopic (exact) mass is 701 g/mol. The van der Waals surface area contributed by atoms with Crippen molar-refractivity contribution in [3.8, 4) is 22.5 Å². The fraction of sp³-hybridized carbons (Fsp3) is 0. The van der Waals surface area contributed by atoms with Crippen LogP contribution in [0.3, 0.4) is 0 Å². The van der Waals surface area contributed by atoms with Crippen molar-refractivity contribution in [2.45, 2.75) is 0 Å². The van der Waals surface area contributed by atoms with Gasteiger partial charge in [-0.05, 0) is 94.0 Å². The number of fused-ring (bicyclic) bond motifs is 7. The van der Waals surface area contributed by atoms with Crippen molar-refractivity contribution in [1.82, 2.24) is 9.13 Å². The van der Waals surface area contributed by atoms with Gasteiger partial charge < -0.3 is 14.0 Å². The quantitative estimate of drug-likeness (QED) is 0.168. The molecule has 3 nitrogen and oxygen atoms in total. The molecule has 2 heterocycles. The van der Waals surface area contributed by atoms with E-state index in [0.29, 0.717) is 0 Å². The highest BCUT2D eigenvalue weighted by atomic mass is 15.1. The van der Waals surface area contributed by atoms with Gasteiger partial charge in [-0.25, -0.2) is 0 Å². The van der Waals surface area contributed by atoms with Gasteiger partial charge in [0.2, 0.25) is 0 Å². The molecule has 0 aliphatic rings. The molecule has 0 saturated heterocycles. The molecule has 0 aliphatic carbocycles. The van der Waals surface area contributed by atoms with Crippen LogP contribution in [0.25, 0.3) is 76.9 Å². The first-order valence-corrected chi connectivity index (χ1v) is 18.9. The zero-order valence-corrected chi connectivity index (χ0v) is 30.0. The lowest BCUT2D eigenvalue weighted by atomic mass is 9.93. The highest BCUT2D eigenvalue weighted by Gasteiger charge is 2.25. The average Bonchev–Trinajstić information content (AvgIpc) is 3.77. The maximum atomic E-state index is 2.51. The first-order valence-electron chi connectivity index (χ1n) is 18.9. The minimum atomic E-state index is 1.10. The molecule has 2 aromatic heterocycles. The third kappa shape index (κ3) is 4.91. The zero-order chi connectivity index (χ0) is 36.3. The number of rotatable bonds is 6. The molecule has 0 spiro atoms. The molecule has 0 radical (unpaired) electrons. The third-order valence-electron chi connectivity index (χ3n) is 11.1. The van der Waals surface area contributed by atoms with E-state index in [-0.39, 0.29) is 0 Å². The lowest BCUT2D eigenvalue weighted by Crippen LogP contribution is -2.09. The molecule has 0 N–H and O–H groups in total. The van der Waals surface area contributed by atoms with Crippen molar-refractivity contribution in [2.24, 2.45) is 0 Å². The van der Waals surface area contributed by atoms with Crippen molar-refractivity contribution in [2.75, 3.05) is 4.90 Å². The average molecular weight is 702 g/mol. The zero-order valence-electron chi connectivity index (χ0n) is 30.0. The summed E-state index contributed by atoms with van der Waals surface area (Å²) < 4.78 is 4.97. The van der Waals surface area contributed by atoms with Crippen LogP contribution < -0.4 is 4.90 Å². The molecule has 0 atom stereocenters.